The van der Waals surface area contributed by atoms with Crippen molar-refractivity contribution in [2.24, 2.45) is 7.05 Å². The standard InChI is InChI=1S/C41H45FN8O6/c1-7-33(52)45-31-18-25(8-9-28(31)35-39(54)47(5)14-15-49(35)26-21-56-22-26)44-36-40(55)48(6)19-32(46-36)27-10-12-43-37(29(27)20-51)50-13-11-23-16-24(41(2,3)4)17-30(42)34(23)38(50)53/h7-10,12,16-19,26,35,51H,1,11,13-15,20-22H2,2-6H3,(H,44,46)(H,45,52). The largest absolute Gasteiger partial charge is 0.392 e. The van der Waals surface area contributed by atoms with Crippen LogP contribution in [0, 0.1) is 5.82 Å². The molecule has 292 valence electrons. The zero-order valence-electron chi connectivity index (χ0n) is 32.1. The van der Waals surface area contributed by atoms with Gasteiger partial charge in [-0.3, -0.25) is 29.0 Å². The van der Waals surface area contributed by atoms with Crippen molar-refractivity contribution in [3.63, 3.8) is 0 Å². The molecule has 2 aromatic heterocycles. The van der Waals surface area contributed by atoms with Crippen LogP contribution in [-0.4, -0.2) is 93.1 Å². The molecular weight excluding hydrogens is 719 g/mol. The van der Waals surface area contributed by atoms with E-state index in [1.54, 1.807) is 43.3 Å². The number of halogens is 1. The number of hydrogen-bond acceptors (Lipinski definition) is 10. The molecule has 3 aliphatic rings. The monoisotopic (exact) mass is 764 g/mol. The molecule has 0 aliphatic carbocycles. The summed E-state index contributed by atoms with van der Waals surface area (Å²) in [5.41, 5.74) is 2.92. The number of amides is 3. The minimum absolute atomic E-state index is 0.0219. The van der Waals surface area contributed by atoms with Crippen LogP contribution >= 0.6 is 0 Å². The van der Waals surface area contributed by atoms with E-state index in [1.807, 2.05) is 26.8 Å². The van der Waals surface area contributed by atoms with Crippen LogP contribution in [-0.2, 0) is 39.8 Å². The summed E-state index contributed by atoms with van der Waals surface area (Å²) >= 11 is 0. The van der Waals surface area contributed by atoms with Gasteiger partial charge in [0.05, 0.1) is 37.1 Å². The molecule has 2 aromatic carbocycles. The number of carbonyl (C=O) groups is 3. The maximum atomic E-state index is 15.5. The third-order valence-corrected chi connectivity index (χ3v) is 10.7. The van der Waals surface area contributed by atoms with Gasteiger partial charge >= 0.3 is 0 Å². The van der Waals surface area contributed by atoms with Crippen LogP contribution in [0.25, 0.3) is 11.3 Å². The Morgan fingerprint density at radius 3 is 2.54 bits per heavy atom. The third-order valence-electron chi connectivity index (χ3n) is 10.7. The minimum atomic E-state index is -0.679. The van der Waals surface area contributed by atoms with E-state index in [9.17, 15) is 24.3 Å². The summed E-state index contributed by atoms with van der Waals surface area (Å²) in [5, 5.41) is 16.6. The summed E-state index contributed by atoms with van der Waals surface area (Å²) in [6.07, 6.45) is 4.50. The molecule has 0 bridgehead atoms. The van der Waals surface area contributed by atoms with Crippen LogP contribution in [0.2, 0.25) is 0 Å². The van der Waals surface area contributed by atoms with Crippen LogP contribution in [0.3, 0.4) is 0 Å². The lowest BCUT2D eigenvalue weighted by molar-refractivity contribution is -0.151. The van der Waals surface area contributed by atoms with Crippen molar-refractivity contribution in [2.45, 2.75) is 51.3 Å². The van der Waals surface area contributed by atoms with Crippen molar-refractivity contribution in [1.82, 2.24) is 24.3 Å². The number of pyridine rings is 1. The number of aromatic nitrogens is 3. The number of benzene rings is 2. The van der Waals surface area contributed by atoms with Gasteiger partial charge in [-0.15, -0.1) is 0 Å². The van der Waals surface area contributed by atoms with Crippen LogP contribution in [0.4, 0.5) is 27.4 Å². The molecule has 1 unspecified atom stereocenters. The normalized spacial score (nSPS) is 17.7. The van der Waals surface area contributed by atoms with Gasteiger partial charge in [-0.25, -0.2) is 14.4 Å². The first-order valence-electron chi connectivity index (χ1n) is 18.4. The molecule has 0 spiro atoms. The number of aliphatic hydroxyl groups excluding tert-OH is 1. The number of anilines is 4. The quantitative estimate of drug-likeness (QED) is 0.212. The molecular formula is C41H45FN8O6. The topological polar surface area (TPSA) is 162 Å². The molecule has 0 radical (unpaired) electrons. The fourth-order valence-electron chi connectivity index (χ4n) is 7.41. The van der Waals surface area contributed by atoms with Gasteiger partial charge in [0.15, 0.2) is 5.82 Å². The number of rotatable bonds is 9. The second-order valence-electron chi connectivity index (χ2n) is 15.4. The first-order chi connectivity index (χ1) is 26.7. The van der Waals surface area contributed by atoms with Gasteiger partial charge in [-0.05, 0) is 53.3 Å². The van der Waals surface area contributed by atoms with Gasteiger partial charge in [0.25, 0.3) is 11.5 Å². The zero-order chi connectivity index (χ0) is 40.1. The van der Waals surface area contributed by atoms with Crippen LogP contribution in [0.1, 0.15) is 59.4 Å². The van der Waals surface area contributed by atoms with Gasteiger partial charge in [0.1, 0.15) is 17.7 Å². The average Bonchev–Trinajstić information content (AvgIpc) is 3.14. The number of nitrogens with zero attached hydrogens (tertiary/aromatic N) is 6. The molecule has 15 heteroatoms. The van der Waals surface area contributed by atoms with E-state index >= 15 is 4.39 Å². The van der Waals surface area contributed by atoms with Gasteiger partial charge < -0.3 is 29.9 Å². The second kappa shape index (κ2) is 15.0. The van der Waals surface area contributed by atoms with Crippen molar-refractivity contribution in [1.29, 1.82) is 0 Å². The predicted molar refractivity (Wildman–Crippen MR) is 209 cm³/mol. The van der Waals surface area contributed by atoms with Crippen molar-refractivity contribution < 1.29 is 28.6 Å². The van der Waals surface area contributed by atoms with E-state index in [0.29, 0.717) is 66.5 Å². The second-order valence-corrected chi connectivity index (χ2v) is 15.4. The van der Waals surface area contributed by atoms with E-state index in [2.05, 4.69) is 32.1 Å². The number of nitrogens with one attached hydrogen (secondary N) is 2. The molecule has 3 aliphatic heterocycles. The first-order valence-corrected chi connectivity index (χ1v) is 18.4. The van der Waals surface area contributed by atoms with Crippen molar-refractivity contribution in [3.8, 4) is 11.3 Å². The Bertz CT molecular complexity index is 2320. The predicted octanol–water partition coefficient (Wildman–Crippen LogP) is 4.06. The van der Waals surface area contributed by atoms with E-state index in [1.165, 1.54) is 27.9 Å². The Morgan fingerprint density at radius 2 is 1.86 bits per heavy atom. The fraction of sp³-hybridized carbons (Fsp3) is 0.366. The number of piperazine rings is 1. The number of carbonyl (C=O) groups excluding carboxylic acids is 3. The summed E-state index contributed by atoms with van der Waals surface area (Å²) in [6, 6.07) is 9.36. The molecule has 2 saturated heterocycles. The Kier molecular flexibility index (Phi) is 10.3. The number of hydrogen-bond donors (Lipinski definition) is 3. The molecule has 56 heavy (non-hydrogen) atoms. The number of aryl methyl sites for hydroxylation is 1. The Labute approximate surface area is 323 Å². The first kappa shape index (κ1) is 38.5. The van der Waals surface area contributed by atoms with Gasteiger partial charge in [0, 0.05) is 74.2 Å². The highest BCUT2D eigenvalue weighted by atomic mass is 19.1. The molecule has 2 fully saturated rings. The van der Waals surface area contributed by atoms with Gasteiger partial charge in [0.2, 0.25) is 11.8 Å². The molecule has 4 aromatic rings. The summed E-state index contributed by atoms with van der Waals surface area (Å²) in [6.45, 7) is 11.4. The smallest absolute Gasteiger partial charge is 0.293 e. The van der Waals surface area contributed by atoms with E-state index in [0.717, 1.165) is 11.6 Å². The molecule has 7 rings (SSSR count). The summed E-state index contributed by atoms with van der Waals surface area (Å²) in [7, 11) is 3.30. The van der Waals surface area contributed by atoms with Crippen LogP contribution in [0.5, 0.6) is 0 Å². The van der Waals surface area contributed by atoms with Crippen LogP contribution < -0.4 is 21.1 Å². The fourth-order valence-corrected chi connectivity index (χ4v) is 7.41. The molecule has 14 nitrogen and oxygen atoms in total. The van der Waals surface area contributed by atoms with E-state index in [4.69, 9.17) is 4.74 Å². The number of ether oxygens (including phenoxy) is 1. The van der Waals surface area contributed by atoms with Crippen molar-refractivity contribution in [3.05, 3.63) is 105 Å². The highest BCUT2D eigenvalue weighted by Gasteiger charge is 2.42. The highest BCUT2D eigenvalue weighted by Crippen LogP contribution is 2.38. The molecule has 3 N–H and O–H groups in total. The molecule has 0 saturated carbocycles. The number of aliphatic hydroxyl groups is 1. The SMILES string of the molecule is C=CC(=O)Nc1cc(Nc2nc(-c3ccnc(N4CCc5cc(C(C)(C)C)cc(F)c5C4=O)c3CO)cn(C)c2=O)ccc1C1C(=O)N(C)CCN1C1COC1. The lowest BCUT2D eigenvalue weighted by Crippen LogP contribution is -2.59. The van der Waals surface area contributed by atoms with Gasteiger partial charge in [-0.2, -0.15) is 0 Å². The Morgan fingerprint density at radius 1 is 1.09 bits per heavy atom. The molecule has 3 amide bonds. The lowest BCUT2D eigenvalue weighted by atomic mass is 9.83. The molecule has 5 heterocycles. The van der Waals surface area contributed by atoms with Gasteiger partial charge in [-0.1, -0.05) is 39.5 Å². The highest BCUT2D eigenvalue weighted by molar-refractivity contribution is 6.08. The van der Waals surface area contributed by atoms with Crippen molar-refractivity contribution >= 4 is 40.7 Å². The third kappa shape index (κ3) is 7.08. The van der Waals surface area contributed by atoms with E-state index in [-0.39, 0.29) is 46.7 Å². The Balaban J connectivity index is 1.23. The summed E-state index contributed by atoms with van der Waals surface area (Å²) < 4.78 is 22.3. The maximum absolute atomic E-state index is 15.5. The maximum Gasteiger partial charge on any atom is 0.293 e. The van der Waals surface area contributed by atoms with Crippen LogP contribution in [0.15, 0.2) is 66.2 Å². The minimum Gasteiger partial charge on any atom is -0.392 e. The zero-order valence-corrected chi connectivity index (χ0v) is 32.1. The van der Waals surface area contributed by atoms with Crippen molar-refractivity contribution in [2.75, 3.05) is 55.4 Å². The van der Waals surface area contributed by atoms with E-state index < -0.39 is 35.8 Å². The number of likely N-dealkylation sites (N-methyl/N-ethyl adjacent to an activating group) is 1. The average molecular weight is 765 g/mol. The summed E-state index contributed by atoms with van der Waals surface area (Å²) in [4.78, 5) is 67.8. The Hall–Kier alpha value is -5.77. The number of fused-ring (bicyclic) bond motifs is 1. The lowest BCUT2D eigenvalue weighted by Gasteiger charge is -2.46. The summed E-state index contributed by atoms with van der Waals surface area (Å²) in [5.74, 6) is -1.67. The molecule has 1 atom stereocenters.